The third kappa shape index (κ3) is 1.17. The topological polar surface area (TPSA) is 47.3 Å². The van der Waals surface area contributed by atoms with Gasteiger partial charge in [-0.1, -0.05) is 0 Å². The van der Waals surface area contributed by atoms with E-state index in [0.29, 0.717) is 6.61 Å². The maximum Gasteiger partial charge on any atom is 0.107 e. The van der Waals surface area contributed by atoms with Gasteiger partial charge >= 0.3 is 0 Å². The van der Waals surface area contributed by atoms with E-state index in [9.17, 15) is 0 Å². The molecule has 0 aromatic heterocycles. The quantitative estimate of drug-likeness (QED) is 0.426. The van der Waals surface area contributed by atoms with Crippen LogP contribution in [-0.4, -0.2) is 13.2 Å². The molecule has 3 nitrogen and oxygen atoms in total. The normalized spacial score (nSPS) is 21.4. The molecule has 1 heterocycles. The first-order valence-electron chi connectivity index (χ1n) is 2.19. The first kappa shape index (κ1) is 4.61. The van der Waals surface area contributed by atoms with Crippen LogP contribution in [0.1, 0.15) is 0 Å². The van der Waals surface area contributed by atoms with Gasteiger partial charge in [0.1, 0.15) is 6.61 Å². The average Bonchev–Trinajstić information content (AvgIpc) is 1.69. The molecule has 0 amide bonds. The Hall–Kier alpha value is -0.540. The highest BCUT2D eigenvalue weighted by atomic mass is 16.6. The molecular formula is C4H8N2O. The molecule has 0 aromatic rings. The lowest BCUT2D eigenvalue weighted by Crippen LogP contribution is -2.24. The van der Waals surface area contributed by atoms with Crippen LogP contribution in [0.25, 0.3) is 0 Å². The Balaban J connectivity index is 2.40. The van der Waals surface area contributed by atoms with Crippen LogP contribution in [0.2, 0.25) is 0 Å². The number of nitrogens with two attached hydrogens (primary N) is 1. The van der Waals surface area contributed by atoms with E-state index < -0.39 is 0 Å². The van der Waals surface area contributed by atoms with Crippen LogP contribution in [0.3, 0.4) is 0 Å². The summed E-state index contributed by atoms with van der Waals surface area (Å²) in [6.45, 7) is 1.24. The molecule has 0 bridgehead atoms. The largest absolute Gasteiger partial charge is 0.400 e. The third-order valence-electron chi connectivity index (χ3n) is 0.788. The molecule has 7 heavy (non-hydrogen) atoms. The molecule has 0 saturated heterocycles. The predicted octanol–water partition coefficient (Wildman–Crippen LogP) is -0.636. The fourth-order valence-electron chi connectivity index (χ4n) is 0.425. The monoisotopic (exact) mass is 100 g/mol. The van der Waals surface area contributed by atoms with Gasteiger partial charge in [0, 0.05) is 12.2 Å². The molecule has 0 fully saturated rings. The van der Waals surface area contributed by atoms with Crippen molar-refractivity contribution in [2.45, 2.75) is 0 Å². The minimum Gasteiger partial charge on any atom is -0.400 e. The smallest absolute Gasteiger partial charge is 0.107 e. The Morgan fingerprint density at radius 3 is 3.00 bits per heavy atom. The van der Waals surface area contributed by atoms with Gasteiger partial charge in [-0.25, -0.2) is 0 Å². The van der Waals surface area contributed by atoms with Crippen molar-refractivity contribution in [3.63, 3.8) is 0 Å². The fourth-order valence-corrected chi connectivity index (χ4v) is 0.425. The van der Waals surface area contributed by atoms with E-state index in [4.69, 9.17) is 10.6 Å². The standard InChI is InChI=1S/C4H8N2O/c5-4-1-2-6-7-3-4/h1,6H,2-3,5H2. The van der Waals surface area contributed by atoms with E-state index in [1.807, 2.05) is 6.08 Å². The van der Waals surface area contributed by atoms with E-state index in [-0.39, 0.29) is 0 Å². The summed E-state index contributed by atoms with van der Waals surface area (Å²) in [6, 6.07) is 0. The summed E-state index contributed by atoms with van der Waals surface area (Å²) < 4.78 is 0. The molecule has 0 unspecified atom stereocenters. The van der Waals surface area contributed by atoms with Gasteiger partial charge in [-0.3, -0.25) is 4.84 Å². The van der Waals surface area contributed by atoms with Crippen LogP contribution in [0.4, 0.5) is 0 Å². The predicted molar refractivity (Wildman–Crippen MR) is 26.2 cm³/mol. The van der Waals surface area contributed by atoms with Gasteiger partial charge in [-0.2, -0.15) is 5.48 Å². The average molecular weight is 100 g/mol. The Labute approximate surface area is 42.1 Å². The number of hydrogen-bond acceptors (Lipinski definition) is 3. The zero-order valence-corrected chi connectivity index (χ0v) is 3.98. The Bertz CT molecular complexity index is 89.7. The van der Waals surface area contributed by atoms with Crippen LogP contribution in [0, 0.1) is 0 Å². The summed E-state index contributed by atoms with van der Waals surface area (Å²) in [6.07, 6.45) is 1.89. The SMILES string of the molecule is NC1=CCNOC1. The third-order valence-corrected chi connectivity index (χ3v) is 0.788. The van der Waals surface area contributed by atoms with E-state index >= 15 is 0 Å². The van der Waals surface area contributed by atoms with E-state index in [2.05, 4.69) is 5.48 Å². The lowest BCUT2D eigenvalue weighted by molar-refractivity contribution is 0.0559. The molecule has 1 rings (SSSR count). The van der Waals surface area contributed by atoms with Crippen LogP contribution >= 0.6 is 0 Å². The molecule has 0 radical (unpaired) electrons. The highest BCUT2D eigenvalue weighted by Gasteiger charge is 1.94. The highest BCUT2D eigenvalue weighted by molar-refractivity contribution is 4.98. The van der Waals surface area contributed by atoms with Crippen molar-refractivity contribution in [2.24, 2.45) is 5.73 Å². The maximum atomic E-state index is 5.33. The van der Waals surface area contributed by atoms with Crippen molar-refractivity contribution in [1.29, 1.82) is 0 Å². The second-order valence-corrected chi connectivity index (χ2v) is 1.42. The van der Waals surface area contributed by atoms with Crippen molar-refractivity contribution in [3.05, 3.63) is 11.8 Å². The molecule has 1 aliphatic heterocycles. The van der Waals surface area contributed by atoms with Gasteiger partial charge < -0.3 is 5.73 Å². The summed E-state index contributed by atoms with van der Waals surface area (Å²) in [4.78, 5) is 4.74. The lowest BCUT2D eigenvalue weighted by Gasteiger charge is -2.08. The van der Waals surface area contributed by atoms with E-state index in [1.165, 1.54) is 0 Å². The van der Waals surface area contributed by atoms with Gasteiger partial charge in [0.25, 0.3) is 0 Å². The molecule has 40 valence electrons. The van der Waals surface area contributed by atoms with Crippen molar-refractivity contribution in [2.75, 3.05) is 13.2 Å². The zero-order valence-electron chi connectivity index (χ0n) is 3.98. The Morgan fingerprint density at radius 2 is 2.71 bits per heavy atom. The van der Waals surface area contributed by atoms with Crippen LogP contribution in [-0.2, 0) is 4.84 Å². The summed E-state index contributed by atoms with van der Waals surface area (Å²) in [5, 5.41) is 0. The first-order valence-corrected chi connectivity index (χ1v) is 2.19. The van der Waals surface area contributed by atoms with Crippen molar-refractivity contribution < 1.29 is 4.84 Å². The van der Waals surface area contributed by atoms with Crippen LogP contribution in [0.5, 0.6) is 0 Å². The molecule has 0 atom stereocenters. The summed E-state index contributed by atoms with van der Waals surface area (Å²) in [5.41, 5.74) is 8.79. The second kappa shape index (κ2) is 1.95. The Morgan fingerprint density at radius 1 is 1.86 bits per heavy atom. The number of hydrogen-bond donors (Lipinski definition) is 2. The number of rotatable bonds is 0. The molecule has 0 aliphatic carbocycles. The molecule has 3 N–H and O–H groups in total. The molecule has 1 aliphatic rings. The van der Waals surface area contributed by atoms with Crippen molar-refractivity contribution >= 4 is 0 Å². The summed E-state index contributed by atoms with van der Waals surface area (Å²) in [7, 11) is 0. The number of hydroxylamine groups is 1. The van der Waals surface area contributed by atoms with E-state index in [1.54, 1.807) is 0 Å². The maximum absolute atomic E-state index is 5.33. The first-order chi connectivity index (χ1) is 3.39. The van der Waals surface area contributed by atoms with E-state index in [0.717, 1.165) is 12.2 Å². The molecule has 3 heteroatoms. The van der Waals surface area contributed by atoms with Gasteiger partial charge in [0.15, 0.2) is 0 Å². The molecule has 0 spiro atoms. The van der Waals surface area contributed by atoms with Gasteiger partial charge in [-0.15, -0.1) is 0 Å². The minimum absolute atomic E-state index is 0.514. The lowest BCUT2D eigenvalue weighted by atomic mass is 10.4. The molecule has 0 aromatic carbocycles. The van der Waals surface area contributed by atoms with Crippen LogP contribution in [0.15, 0.2) is 11.8 Å². The number of nitrogens with one attached hydrogen (secondary N) is 1. The molecular weight excluding hydrogens is 92.1 g/mol. The van der Waals surface area contributed by atoms with Gasteiger partial charge in [0.2, 0.25) is 0 Å². The van der Waals surface area contributed by atoms with Crippen molar-refractivity contribution in [1.82, 2.24) is 5.48 Å². The van der Waals surface area contributed by atoms with Crippen molar-refractivity contribution in [3.8, 4) is 0 Å². The molecule has 0 saturated carbocycles. The highest BCUT2D eigenvalue weighted by Crippen LogP contribution is 1.87. The fraction of sp³-hybridized carbons (Fsp3) is 0.500. The zero-order chi connectivity index (χ0) is 5.11. The van der Waals surface area contributed by atoms with Crippen LogP contribution < -0.4 is 11.2 Å². The second-order valence-electron chi connectivity index (χ2n) is 1.42. The minimum atomic E-state index is 0.514. The summed E-state index contributed by atoms with van der Waals surface area (Å²) in [5.74, 6) is 0. The Kier molecular flexibility index (Phi) is 1.29. The van der Waals surface area contributed by atoms with Gasteiger partial charge in [0.05, 0.1) is 0 Å². The van der Waals surface area contributed by atoms with Gasteiger partial charge in [-0.05, 0) is 6.08 Å². The summed E-state index contributed by atoms with van der Waals surface area (Å²) >= 11 is 0.